The van der Waals surface area contributed by atoms with Crippen molar-refractivity contribution in [2.75, 3.05) is 6.54 Å². The molecule has 1 rings (SSSR count). The van der Waals surface area contributed by atoms with Gasteiger partial charge in [0.25, 0.3) is 5.91 Å². The first-order chi connectivity index (χ1) is 8.48. The van der Waals surface area contributed by atoms with Crippen LogP contribution in [-0.2, 0) is 0 Å². The van der Waals surface area contributed by atoms with Gasteiger partial charge in [-0.05, 0) is 43.5 Å². The summed E-state index contributed by atoms with van der Waals surface area (Å²) < 4.78 is 1.01. The minimum absolute atomic E-state index is 0.0558. The molecule has 0 aliphatic carbocycles. The van der Waals surface area contributed by atoms with E-state index in [1.54, 1.807) is 0 Å². The second-order valence-corrected chi connectivity index (χ2v) is 5.46. The molecular formula is C14H21BrN2O. The van der Waals surface area contributed by atoms with Crippen LogP contribution in [0.2, 0.25) is 0 Å². The van der Waals surface area contributed by atoms with Crippen molar-refractivity contribution >= 4 is 21.8 Å². The topological polar surface area (TPSA) is 55.1 Å². The first kappa shape index (κ1) is 15.2. The van der Waals surface area contributed by atoms with E-state index in [-0.39, 0.29) is 11.4 Å². The second kappa shape index (κ2) is 6.34. The third-order valence-corrected chi connectivity index (χ3v) is 4.43. The Balaban J connectivity index is 2.90. The number of benzene rings is 1. The highest BCUT2D eigenvalue weighted by Crippen LogP contribution is 2.19. The lowest BCUT2D eigenvalue weighted by atomic mass is 9.92. The minimum Gasteiger partial charge on any atom is -0.345 e. The quantitative estimate of drug-likeness (QED) is 0.878. The highest BCUT2D eigenvalue weighted by Gasteiger charge is 2.26. The van der Waals surface area contributed by atoms with Gasteiger partial charge in [0, 0.05) is 16.6 Å². The second-order valence-electron chi connectivity index (χ2n) is 4.61. The molecule has 4 heteroatoms. The van der Waals surface area contributed by atoms with Crippen molar-refractivity contribution in [3.05, 3.63) is 33.8 Å². The van der Waals surface area contributed by atoms with Crippen molar-refractivity contribution in [2.24, 2.45) is 5.73 Å². The standard InChI is InChI=1S/C14H21BrN2O/c1-4-14(5-2,9-16)17-13(18)11-6-7-12(15)10(3)8-11/h6-8H,4-5,9,16H2,1-3H3,(H,17,18). The molecule has 100 valence electrons. The summed E-state index contributed by atoms with van der Waals surface area (Å²) in [6.45, 7) is 6.52. The summed E-state index contributed by atoms with van der Waals surface area (Å²) in [6.07, 6.45) is 1.67. The number of nitrogens with two attached hydrogens (primary N) is 1. The molecule has 0 unspecified atom stereocenters. The van der Waals surface area contributed by atoms with Crippen LogP contribution in [0.4, 0.5) is 0 Å². The van der Waals surface area contributed by atoms with Crippen molar-refractivity contribution in [3.63, 3.8) is 0 Å². The summed E-state index contributed by atoms with van der Waals surface area (Å²) in [4.78, 5) is 12.2. The molecular weight excluding hydrogens is 292 g/mol. The van der Waals surface area contributed by atoms with E-state index in [1.807, 2.05) is 39.0 Å². The van der Waals surface area contributed by atoms with Gasteiger partial charge >= 0.3 is 0 Å². The number of carbonyl (C=O) groups excluding carboxylic acids is 1. The summed E-state index contributed by atoms with van der Waals surface area (Å²) in [6, 6.07) is 5.59. The van der Waals surface area contributed by atoms with Crippen LogP contribution in [-0.4, -0.2) is 18.0 Å². The molecule has 0 fully saturated rings. The zero-order valence-electron chi connectivity index (χ0n) is 11.2. The Morgan fingerprint density at radius 2 is 2.00 bits per heavy atom. The van der Waals surface area contributed by atoms with Gasteiger partial charge < -0.3 is 11.1 Å². The van der Waals surface area contributed by atoms with Crippen LogP contribution in [0, 0.1) is 6.92 Å². The molecule has 0 bridgehead atoms. The highest BCUT2D eigenvalue weighted by molar-refractivity contribution is 9.10. The van der Waals surface area contributed by atoms with Gasteiger partial charge in [0.05, 0.1) is 5.54 Å². The molecule has 0 saturated carbocycles. The van der Waals surface area contributed by atoms with Gasteiger partial charge in [-0.1, -0.05) is 29.8 Å². The average molecular weight is 313 g/mol. The van der Waals surface area contributed by atoms with E-state index in [1.165, 1.54) is 0 Å². The highest BCUT2D eigenvalue weighted by atomic mass is 79.9. The van der Waals surface area contributed by atoms with Crippen LogP contribution >= 0.6 is 15.9 Å². The largest absolute Gasteiger partial charge is 0.345 e. The molecule has 1 amide bonds. The third kappa shape index (κ3) is 3.33. The van der Waals surface area contributed by atoms with Gasteiger partial charge in [0.2, 0.25) is 0 Å². The van der Waals surface area contributed by atoms with E-state index < -0.39 is 0 Å². The fraction of sp³-hybridized carbons (Fsp3) is 0.500. The van der Waals surface area contributed by atoms with E-state index in [4.69, 9.17) is 5.73 Å². The Hall–Kier alpha value is -0.870. The van der Waals surface area contributed by atoms with Gasteiger partial charge in [0.1, 0.15) is 0 Å². The Morgan fingerprint density at radius 3 is 2.44 bits per heavy atom. The average Bonchev–Trinajstić information content (AvgIpc) is 2.39. The van der Waals surface area contributed by atoms with Crippen molar-refractivity contribution in [3.8, 4) is 0 Å². The predicted molar refractivity (Wildman–Crippen MR) is 78.7 cm³/mol. The first-order valence-corrected chi connectivity index (χ1v) is 7.06. The molecule has 18 heavy (non-hydrogen) atoms. The summed E-state index contributed by atoms with van der Waals surface area (Å²) in [5.41, 5.74) is 7.22. The van der Waals surface area contributed by atoms with Gasteiger partial charge in [-0.2, -0.15) is 0 Å². The number of carbonyl (C=O) groups is 1. The van der Waals surface area contributed by atoms with Crippen LogP contribution in [0.15, 0.2) is 22.7 Å². The lowest BCUT2D eigenvalue weighted by Gasteiger charge is -2.31. The summed E-state index contributed by atoms with van der Waals surface area (Å²) >= 11 is 3.43. The lowest BCUT2D eigenvalue weighted by Crippen LogP contribution is -2.52. The maximum atomic E-state index is 12.2. The first-order valence-electron chi connectivity index (χ1n) is 6.26. The number of amides is 1. The number of hydrogen-bond acceptors (Lipinski definition) is 2. The maximum absolute atomic E-state index is 12.2. The fourth-order valence-corrected chi connectivity index (χ4v) is 2.11. The molecule has 0 spiro atoms. The van der Waals surface area contributed by atoms with Crippen molar-refractivity contribution in [1.82, 2.24) is 5.32 Å². The van der Waals surface area contributed by atoms with Gasteiger partial charge in [-0.25, -0.2) is 0 Å². The smallest absolute Gasteiger partial charge is 0.251 e. The third-order valence-electron chi connectivity index (χ3n) is 3.54. The predicted octanol–water partition coefficient (Wildman–Crippen LogP) is 3.00. The molecule has 1 aromatic carbocycles. The SMILES string of the molecule is CCC(CC)(CN)NC(=O)c1ccc(Br)c(C)c1. The number of nitrogens with one attached hydrogen (secondary N) is 1. The van der Waals surface area contributed by atoms with Crippen molar-refractivity contribution < 1.29 is 4.79 Å². The molecule has 0 aliphatic rings. The molecule has 0 atom stereocenters. The minimum atomic E-state index is -0.294. The van der Waals surface area contributed by atoms with Crippen LogP contribution in [0.1, 0.15) is 42.6 Å². The Kier molecular flexibility index (Phi) is 5.35. The number of rotatable bonds is 5. The zero-order chi connectivity index (χ0) is 13.8. The van der Waals surface area contributed by atoms with Crippen LogP contribution in [0.5, 0.6) is 0 Å². The van der Waals surface area contributed by atoms with E-state index >= 15 is 0 Å². The molecule has 3 nitrogen and oxygen atoms in total. The van der Waals surface area contributed by atoms with Gasteiger partial charge in [-0.3, -0.25) is 4.79 Å². The molecule has 0 saturated heterocycles. The van der Waals surface area contributed by atoms with Crippen LogP contribution in [0.3, 0.4) is 0 Å². The van der Waals surface area contributed by atoms with E-state index in [9.17, 15) is 4.79 Å². The number of halogens is 1. The molecule has 0 aromatic heterocycles. The lowest BCUT2D eigenvalue weighted by molar-refractivity contribution is 0.0895. The summed E-state index contributed by atoms with van der Waals surface area (Å²) in [5.74, 6) is -0.0558. The molecule has 0 radical (unpaired) electrons. The Morgan fingerprint density at radius 1 is 1.39 bits per heavy atom. The van der Waals surface area contributed by atoms with E-state index in [0.717, 1.165) is 22.9 Å². The summed E-state index contributed by atoms with van der Waals surface area (Å²) in [5, 5.41) is 3.06. The Labute approximate surface area is 117 Å². The molecule has 3 N–H and O–H groups in total. The number of hydrogen-bond donors (Lipinski definition) is 2. The molecule has 0 heterocycles. The molecule has 1 aromatic rings. The van der Waals surface area contributed by atoms with E-state index in [2.05, 4.69) is 21.2 Å². The van der Waals surface area contributed by atoms with Crippen LogP contribution in [0.25, 0.3) is 0 Å². The van der Waals surface area contributed by atoms with Crippen LogP contribution < -0.4 is 11.1 Å². The van der Waals surface area contributed by atoms with Gasteiger partial charge in [0.15, 0.2) is 0 Å². The van der Waals surface area contributed by atoms with E-state index in [0.29, 0.717) is 12.1 Å². The zero-order valence-corrected chi connectivity index (χ0v) is 12.8. The fourth-order valence-electron chi connectivity index (χ4n) is 1.87. The molecule has 0 aliphatic heterocycles. The van der Waals surface area contributed by atoms with Gasteiger partial charge in [-0.15, -0.1) is 0 Å². The maximum Gasteiger partial charge on any atom is 0.251 e. The van der Waals surface area contributed by atoms with Crippen molar-refractivity contribution in [2.45, 2.75) is 39.2 Å². The number of aryl methyl sites for hydroxylation is 1. The summed E-state index contributed by atoms with van der Waals surface area (Å²) in [7, 11) is 0. The monoisotopic (exact) mass is 312 g/mol. The van der Waals surface area contributed by atoms with Crippen molar-refractivity contribution in [1.29, 1.82) is 0 Å². The normalized spacial score (nSPS) is 11.4. The Bertz CT molecular complexity index is 420.